The lowest BCUT2D eigenvalue weighted by Crippen LogP contribution is -2.47. The van der Waals surface area contributed by atoms with Crippen LogP contribution in [0.2, 0.25) is 0 Å². The van der Waals surface area contributed by atoms with Crippen LogP contribution >= 0.6 is 0 Å². The second-order valence-electron chi connectivity index (χ2n) is 8.54. The van der Waals surface area contributed by atoms with Crippen LogP contribution in [0, 0.1) is 23.7 Å². The monoisotopic (exact) mass is 450 g/mol. The lowest BCUT2D eigenvalue weighted by molar-refractivity contribution is 0.120. The molecule has 3 aromatic rings. The van der Waals surface area contributed by atoms with Gasteiger partial charge in [0.2, 0.25) is 11.3 Å². The minimum atomic E-state index is -2.06. The van der Waals surface area contributed by atoms with Crippen molar-refractivity contribution in [1.82, 2.24) is 9.62 Å². The Morgan fingerprint density at radius 2 is 1.97 bits per heavy atom. The molecule has 1 fully saturated rings. The zero-order valence-electron chi connectivity index (χ0n) is 18.1. The molecule has 1 aromatic heterocycles. The Hall–Kier alpha value is -2.76. The van der Waals surface area contributed by atoms with Crippen LogP contribution in [-0.4, -0.2) is 33.3 Å². The molecule has 1 atom stereocenters. The fraction of sp³-hybridized carbons (Fsp3) is 0.320. The van der Waals surface area contributed by atoms with Gasteiger partial charge in [-0.1, -0.05) is 50.0 Å². The Morgan fingerprint density at radius 3 is 2.66 bits per heavy atom. The average molecular weight is 451 g/mol. The van der Waals surface area contributed by atoms with Crippen molar-refractivity contribution in [3.8, 4) is 23.0 Å². The van der Waals surface area contributed by atoms with Gasteiger partial charge in [-0.05, 0) is 35.2 Å². The quantitative estimate of drug-likeness (QED) is 0.443. The highest BCUT2D eigenvalue weighted by molar-refractivity contribution is 7.77. The maximum absolute atomic E-state index is 13.0. The van der Waals surface area contributed by atoms with Crippen LogP contribution in [0.4, 0.5) is 0 Å². The standard InChI is InChI=1S/C25H26N2O4S/c1-17(2)13-27-14-20(15-27)4-3-18-7-10-22-24(11-18)31-16-23(25(22)28)21-8-5-19(6-9-21)12-26-32(29)30/h5-11,16-17,20,26H,12-15H2,1-2H3,(H,29,30). The van der Waals surface area contributed by atoms with E-state index in [2.05, 4.69) is 35.3 Å². The second kappa shape index (κ2) is 9.80. The fourth-order valence-corrected chi connectivity index (χ4v) is 4.15. The second-order valence-corrected chi connectivity index (χ2v) is 9.32. The molecule has 1 unspecified atom stereocenters. The van der Waals surface area contributed by atoms with Crippen LogP contribution < -0.4 is 10.2 Å². The van der Waals surface area contributed by atoms with Gasteiger partial charge in [0.15, 0.2) is 5.43 Å². The van der Waals surface area contributed by atoms with Crippen molar-refractivity contribution in [2.75, 3.05) is 19.6 Å². The van der Waals surface area contributed by atoms with E-state index in [4.69, 9.17) is 8.97 Å². The maximum atomic E-state index is 13.0. The summed E-state index contributed by atoms with van der Waals surface area (Å²) in [5, 5.41) is 0.515. The van der Waals surface area contributed by atoms with Crippen molar-refractivity contribution < 1.29 is 13.2 Å². The molecule has 6 nitrogen and oxygen atoms in total. The summed E-state index contributed by atoms with van der Waals surface area (Å²) in [6.45, 7) is 7.86. The molecule has 7 heteroatoms. The Kier molecular flexibility index (Phi) is 6.87. The van der Waals surface area contributed by atoms with Crippen LogP contribution in [0.1, 0.15) is 25.0 Å². The van der Waals surface area contributed by atoms with Crippen LogP contribution in [0.5, 0.6) is 0 Å². The first kappa shape index (κ1) is 22.4. The third-order valence-corrected chi connectivity index (χ3v) is 5.83. The summed E-state index contributed by atoms with van der Waals surface area (Å²) < 4.78 is 27.7. The average Bonchev–Trinajstić information content (AvgIpc) is 2.74. The molecule has 0 spiro atoms. The van der Waals surface area contributed by atoms with E-state index in [1.165, 1.54) is 6.26 Å². The highest BCUT2D eigenvalue weighted by atomic mass is 32.2. The topological polar surface area (TPSA) is 82.8 Å². The molecule has 0 radical (unpaired) electrons. The highest BCUT2D eigenvalue weighted by Crippen LogP contribution is 2.22. The molecule has 2 heterocycles. The first-order valence-corrected chi connectivity index (χ1v) is 11.7. The molecule has 32 heavy (non-hydrogen) atoms. The van der Waals surface area contributed by atoms with Gasteiger partial charge in [-0.3, -0.25) is 9.35 Å². The molecule has 1 aliphatic heterocycles. The van der Waals surface area contributed by atoms with E-state index in [9.17, 15) is 9.00 Å². The number of benzene rings is 2. The lowest BCUT2D eigenvalue weighted by atomic mass is 9.98. The molecule has 2 aromatic carbocycles. The number of fused-ring (bicyclic) bond motifs is 1. The minimum Gasteiger partial charge on any atom is -0.463 e. The van der Waals surface area contributed by atoms with Gasteiger partial charge in [0.1, 0.15) is 11.8 Å². The van der Waals surface area contributed by atoms with Crippen LogP contribution in [0.3, 0.4) is 0 Å². The first-order chi connectivity index (χ1) is 15.4. The molecule has 4 rings (SSSR count). The molecule has 0 saturated carbocycles. The van der Waals surface area contributed by atoms with Crippen LogP contribution in [-0.2, 0) is 17.8 Å². The minimum absolute atomic E-state index is 0.101. The van der Waals surface area contributed by atoms with Gasteiger partial charge in [-0.15, -0.1) is 0 Å². The van der Waals surface area contributed by atoms with Gasteiger partial charge < -0.3 is 9.32 Å². The normalized spacial score (nSPS) is 15.4. The number of likely N-dealkylation sites (tertiary alicyclic amines) is 1. The van der Waals surface area contributed by atoms with Gasteiger partial charge in [-0.25, -0.2) is 8.93 Å². The highest BCUT2D eigenvalue weighted by Gasteiger charge is 2.24. The van der Waals surface area contributed by atoms with Crippen molar-refractivity contribution in [3.63, 3.8) is 0 Å². The predicted octanol–water partition coefficient (Wildman–Crippen LogP) is 3.63. The van der Waals surface area contributed by atoms with E-state index < -0.39 is 11.3 Å². The summed E-state index contributed by atoms with van der Waals surface area (Å²) in [4.78, 5) is 15.4. The SMILES string of the molecule is CC(C)CN1CC(C#Cc2ccc3c(=O)c(-c4ccc(CNS(=O)O)cc4)coc3c2)C1. The summed E-state index contributed by atoms with van der Waals surface area (Å²) in [6.07, 6.45) is 1.48. The molecule has 166 valence electrons. The van der Waals surface area contributed by atoms with Crippen molar-refractivity contribution in [2.24, 2.45) is 11.8 Å². The largest absolute Gasteiger partial charge is 0.463 e. The molecule has 1 aliphatic rings. The van der Waals surface area contributed by atoms with Crippen molar-refractivity contribution >= 4 is 22.2 Å². The van der Waals surface area contributed by atoms with Gasteiger partial charge >= 0.3 is 0 Å². The molecule has 2 N–H and O–H groups in total. The van der Waals surface area contributed by atoms with Gasteiger partial charge in [-0.2, -0.15) is 0 Å². The smallest absolute Gasteiger partial charge is 0.232 e. The molecular weight excluding hydrogens is 424 g/mol. The van der Waals surface area contributed by atoms with Crippen molar-refractivity contribution in [2.45, 2.75) is 20.4 Å². The first-order valence-electron chi connectivity index (χ1n) is 10.6. The molecular formula is C25H26N2O4S. The third-order valence-electron chi connectivity index (χ3n) is 5.44. The number of rotatable bonds is 6. The summed E-state index contributed by atoms with van der Waals surface area (Å²) in [5.41, 5.74) is 3.30. The predicted molar refractivity (Wildman–Crippen MR) is 127 cm³/mol. The summed E-state index contributed by atoms with van der Waals surface area (Å²) in [6, 6.07) is 12.7. The van der Waals surface area contributed by atoms with Crippen LogP contribution in [0.15, 0.2) is 57.9 Å². The van der Waals surface area contributed by atoms with Gasteiger partial charge in [0.05, 0.1) is 10.9 Å². The van der Waals surface area contributed by atoms with E-state index in [-0.39, 0.29) is 12.0 Å². The summed E-state index contributed by atoms with van der Waals surface area (Å²) >= 11 is -2.06. The Bertz CT molecular complexity index is 1250. The van der Waals surface area contributed by atoms with E-state index >= 15 is 0 Å². The molecule has 0 aliphatic carbocycles. The molecule has 1 saturated heterocycles. The van der Waals surface area contributed by atoms with Crippen molar-refractivity contribution in [3.05, 3.63) is 70.1 Å². The van der Waals surface area contributed by atoms with Crippen molar-refractivity contribution in [1.29, 1.82) is 0 Å². The van der Waals surface area contributed by atoms with Gasteiger partial charge in [0, 0.05) is 37.7 Å². The Morgan fingerprint density at radius 1 is 1.22 bits per heavy atom. The van der Waals surface area contributed by atoms with Crippen LogP contribution in [0.25, 0.3) is 22.1 Å². The van der Waals surface area contributed by atoms with E-state index in [1.54, 1.807) is 30.3 Å². The van der Waals surface area contributed by atoms with Gasteiger partial charge in [0.25, 0.3) is 0 Å². The molecule has 0 bridgehead atoms. The number of hydrogen-bond donors (Lipinski definition) is 2. The zero-order valence-corrected chi connectivity index (χ0v) is 18.9. The van der Waals surface area contributed by atoms with E-state index in [0.29, 0.717) is 28.4 Å². The number of nitrogens with zero attached hydrogens (tertiary/aromatic N) is 1. The lowest BCUT2D eigenvalue weighted by Gasteiger charge is -2.37. The summed E-state index contributed by atoms with van der Waals surface area (Å²) in [7, 11) is 0. The van der Waals surface area contributed by atoms with E-state index in [1.807, 2.05) is 12.1 Å². The van der Waals surface area contributed by atoms with E-state index in [0.717, 1.165) is 36.3 Å². The number of nitrogens with one attached hydrogen (secondary N) is 1. The number of hydrogen-bond acceptors (Lipinski definition) is 4. The maximum Gasteiger partial charge on any atom is 0.232 e. The summed E-state index contributed by atoms with van der Waals surface area (Å²) in [5.74, 6) is 7.62. The molecule has 0 amide bonds. The Labute approximate surface area is 190 Å². The fourth-order valence-electron chi connectivity index (χ4n) is 3.86. The zero-order chi connectivity index (χ0) is 22.7. The Balaban J connectivity index is 1.49. The third kappa shape index (κ3) is 5.34.